The highest BCUT2D eigenvalue weighted by Gasteiger charge is 2.30. The van der Waals surface area contributed by atoms with E-state index < -0.39 is 0 Å². The molecule has 0 saturated carbocycles. The number of nitrogens with zero attached hydrogens (tertiary/aromatic N) is 2. The first-order valence-corrected chi connectivity index (χ1v) is 7.52. The molecule has 1 heterocycles. The molecule has 0 N–H and O–H groups in total. The van der Waals surface area contributed by atoms with E-state index in [1.165, 1.54) is 0 Å². The molecule has 1 rings (SSSR count). The van der Waals surface area contributed by atoms with E-state index in [4.69, 9.17) is 0 Å². The van der Waals surface area contributed by atoms with Crippen LogP contribution < -0.4 is 0 Å². The molecule has 100 valence electrons. The largest absolute Gasteiger partial charge is 0.337 e. The fraction of sp³-hybridized carbons (Fsp3) is 0.923. The molecule has 17 heavy (non-hydrogen) atoms. The Hall–Kier alpha value is -0.0900. The predicted octanol–water partition coefficient (Wildman–Crippen LogP) is 2.35. The Balaban J connectivity index is 2.74. The SMILES string of the molecule is CCC1CN(C)CCCN1C(=O)C(Br)C(C)C. The van der Waals surface area contributed by atoms with E-state index in [-0.39, 0.29) is 10.7 Å². The lowest BCUT2D eigenvalue weighted by Gasteiger charge is -2.32. The van der Waals surface area contributed by atoms with Crippen molar-refractivity contribution < 1.29 is 4.79 Å². The minimum atomic E-state index is -0.0417. The quantitative estimate of drug-likeness (QED) is 0.747. The maximum absolute atomic E-state index is 12.4. The van der Waals surface area contributed by atoms with Crippen molar-refractivity contribution in [2.75, 3.05) is 26.7 Å². The second-order valence-corrected chi connectivity index (χ2v) is 6.34. The van der Waals surface area contributed by atoms with Crippen molar-refractivity contribution in [3.8, 4) is 0 Å². The van der Waals surface area contributed by atoms with Crippen molar-refractivity contribution in [2.24, 2.45) is 5.92 Å². The fourth-order valence-electron chi connectivity index (χ4n) is 2.33. The predicted molar refractivity (Wildman–Crippen MR) is 75.5 cm³/mol. The second-order valence-electron chi connectivity index (χ2n) is 5.36. The summed E-state index contributed by atoms with van der Waals surface area (Å²) in [5.41, 5.74) is 0. The minimum Gasteiger partial charge on any atom is -0.337 e. The lowest BCUT2D eigenvalue weighted by molar-refractivity contribution is -0.133. The summed E-state index contributed by atoms with van der Waals surface area (Å²) in [7, 11) is 2.14. The van der Waals surface area contributed by atoms with Crippen LogP contribution in [-0.4, -0.2) is 53.3 Å². The van der Waals surface area contributed by atoms with Gasteiger partial charge in [0, 0.05) is 19.1 Å². The van der Waals surface area contributed by atoms with Gasteiger partial charge in [-0.25, -0.2) is 0 Å². The molecule has 1 amide bonds. The van der Waals surface area contributed by atoms with Gasteiger partial charge in [-0.1, -0.05) is 36.7 Å². The molecular formula is C13H25BrN2O. The van der Waals surface area contributed by atoms with E-state index in [9.17, 15) is 4.79 Å². The van der Waals surface area contributed by atoms with Gasteiger partial charge in [-0.05, 0) is 32.4 Å². The Labute approximate surface area is 114 Å². The number of halogens is 1. The molecule has 0 spiro atoms. The number of hydrogen-bond acceptors (Lipinski definition) is 2. The average molecular weight is 305 g/mol. The molecule has 1 fully saturated rings. The van der Waals surface area contributed by atoms with Crippen LogP contribution in [-0.2, 0) is 4.79 Å². The lowest BCUT2D eigenvalue weighted by atomic mass is 10.1. The molecule has 0 aromatic heterocycles. The Bertz CT molecular complexity index is 258. The zero-order valence-corrected chi connectivity index (χ0v) is 13.0. The Morgan fingerprint density at radius 3 is 2.59 bits per heavy atom. The van der Waals surface area contributed by atoms with Crippen molar-refractivity contribution in [3.05, 3.63) is 0 Å². The number of hydrogen-bond donors (Lipinski definition) is 0. The molecule has 2 unspecified atom stereocenters. The van der Waals surface area contributed by atoms with Crippen LogP contribution in [0.1, 0.15) is 33.6 Å². The summed E-state index contributed by atoms with van der Waals surface area (Å²) in [6.45, 7) is 9.33. The van der Waals surface area contributed by atoms with Crippen LogP contribution in [0.25, 0.3) is 0 Å². The third kappa shape index (κ3) is 3.95. The topological polar surface area (TPSA) is 23.6 Å². The molecule has 0 bridgehead atoms. The third-order valence-corrected chi connectivity index (χ3v) is 4.93. The number of carbonyl (C=O) groups excluding carboxylic acids is 1. The molecule has 1 aliphatic rings. The van der Waals surface area contributed by atoms with Gasteiger partial charge in [0.1, 0.15) is 0 Å². The van der Waals surface area contributed by atoms with Crippen LogP contribution in [0, 0.1) is 5.92 Å². The van der Waals surface area contributed by atoms with Gasteiger partial charge < -0.3 is 9.80 Å². The first-order valence-electron chi connectivity index (χ1n) is 6.60. The first kappa shape index (κ1) is 15.0. The normalized spacial score (nSPS) is 24.8. The van der Waals surface area contributed by atoms with E-state index in [2.05, 4.69) is 53.5 Å². The van der Waals surface area contributed by atoms with E-state index in [1.54, 1.807) is 0 Å². The van der Waals surface area contributed by atoms with Gasteiger partial charge in [-0.2, -0.15) is 0 Å². The first-order chi connectivity index (χ1) is 7.97. The van der Waals surface area contributed by atoms with Crippen LogP contribution >= 0.6 is 15.9 Å². The third-order valence-electron chi connectivity index (χ3n) is 3.48. The van der Waals surface area contributed by atoms with Crippen LogP contribution in [0.15, 0.2) is 0 Å². The van der Waals surface area contributed by atoms with Crippen molar-refractivity contribution in [1.29, 1.82) is 0 Å². The molecule has 0 radical (unpaired) electrons. The van der Waals surface area contributed by atoms with Crippen molar-refractivity contribution in [3.63, 3.8) is 0 Å². The zero-order chi connectivity index (χ0) is 13.0. The van der Waals surface area contributed by atoms with Crippen molar-refractivity contribution >= 4 is 21.8 Å². The molecular weight excluding hydrogens is 280 g/mol. The monoisotopic (exact) mass is 304 g/mol. The standard InChI is InChI=1S/C13H25BrN2O/c1-5-11-9-15(4)7-6-8-16(11)13(17)12(14)10(2)3/h10-12H,5-9H2,1-4H3. The van der Waals surface area contributed by atoms with Crippen LogP contribution in [0.5, 0.6) is 0 Å². The van der Waals surface area contributed by atoms with E-state index in [0.717, 1.165) is 32.5 Å². The minimum absolute atomic E-state index is 0.0417. The molecule has 1 aliphatic heterocycles. The highest BCUT2D eigenvalue weighted by atomic mass is 79.9. The Morgan fingerprint density at radius 1 is 1.41 bits per heavy atom. The summed E-state index contributed by atoms with van der Waals surface area (Å²) in [6, 6.07) is 0.369. The van der Waals surface area contributed by atoms with Gasteiger partial charge >= 0.3 is 0 Å². The fourth-order valence-corrected chi connectivity index (χ4v) is 2.59. The van der Waals surface area contributed by atoms with Crippen LogP contribution in [0.3, 0.4) is 0 Å². The summed E-state index contributed by atoms with van der Waals surface area (Å²) in [5, 5.41) is 0. The number of carbonyl (C=O) groups is 1. The summed E-state index contributed by atoms with van der Waals surface area (Å²) in [4.78, 5) is 16.8. The van der Waals surface area contributed by atoms with E-state index >= 15 is 0 Å². The zero-order valence-electron chi connectivity index (χ0n) is 11.4. The highest BCUT2D eigenvalue weighted by Crippen LogP contribution is 2.20. The van der Waals surface area contributed by atoms with Gasteiger partial charge in [-0.3, -0.25) is 4.79 Å². The smallest absolute Gasteiger partial charge is 0.236 e. The molecule has 0 aromatic rings. The second kappa shape index (κ2) is 6.74. The van der Waals surface area contributed by atoms with Gasteiger partial charge in [-0.15, -0.1) is 0 Å². The maximum atomic E-state index is 12.4. The van der Waals surface area contributed by atoms with E-state index in [1.807, 2.05) is 0 Å². The molecule has 3 nitrogen and oxygen atoms in total. The maximum Gasteiger partial charge on any atom is 0.236 e. The molecule has 1 saturated heterocycles. The summed E-state index contributed by atoms with van der Waals surface area (Å²) in [6.07, 6.45) is 2.12. The molecule has 0 aliphatic carbocycles. The molecule has 0 aromatic carbocycles. The van der Waals surface area contributed by atoms with Crippen LogP contribution in [0.2, 0.25) is 0 Å². The number of alkyl halides is 1. The Kier molecular flexibility index (Phi) is 5.93. The van der Waals surface area contributed by atoms with Gasteiger partial charge in [0.25, 0.3) is 0 Å². The van der Waals surface area contributed by atoms with Crippen molar-refractivity contribution in [1.82, 2.24) is 9.80 Å². The van der Waals surface area contributed by atoms with Gasteiger partial charge in [0.15, 0.2) is 0 Å². The number of rotatable bonds is 3. The summed E-state index contributed by atoms with van der Waals surface area (Å²) >= 11 is 3.54. The number of amides is 1. The van der Waals surface area contributed by atoms with Crippen molar-refractivity contribution in [2.45, 2.75) is 44.5 Å². The molecule has 2 atom stereocenters. The average Bonchev–Trinajstić information content (AvgIpc) is 2.48. The van der Waals surface area contributed by atoms with Gasteiger partial charge in [0.2, 0.25) is 5.91 Å². The van der Waals surface area contributed by atoms with Gasteiger partial charge in [0.05, 0.1) is 4.83 Å². The number of likely N-dealkylation sites (N-methyl/N-ethyl adjacent to an activating group) is 1. The van der Waals surface area contributed by atoms with E-state index in [0.29, 0.717) is 12.0 Å². The Morgan fingerprint density at radius 2 is 2.06 bits per heavy atom. The van der Waals surface area contributed by atoms with Crippen LogP contribution in [0.4, 0.5) is 0 Å². The molecule has 4 heteroatoms. The summed E-state index contributed by atoms with van der Waals surface area (Å²) < 4.78 is 0. The highest BCUT2D eigenvalue weighted by molar-refractivity contribution is 9.10. The summed E-state index contributed by atoms with van der Waals surface area (Å²) in [5.74, 6) is 0.614. The lowest BCUT2D eigenvalue weighted by Crippen LogP contribution is -2.47.